The van der Waals surface area contributed by atoms with Crippen LogP contribution in [0.25, 0.3) is 0 Å². The molecule has 1 aromatic carbocycles. The highest BCUT2D eigenvalue weighted by atomic mass is 32.2. The maximum Gasteiger partial charge on any atom is 0.278 e. The first-order valence-corrected chi connectivity index (χ1v) is 13.1. The monoisotopic (exact) mass is 442 g/mol. The fraction of sp³-hybridized carbons (Fsp3) is 0.636. The maximum atomic E-state index is 13.1. The lowest BCUT2D eigenvalue weighted by molar-refractivity contribution is 0.440. The highest BCUT2D eigenvalue weighted by Crippen LogP contribution is 2.39. The molecule has 0 amide bonds. The number of sulfonamides is 1. The number of fused-ring (bicyclic) bond motifs is 2. The summed E-state index contributed by atoms with van der Waals surface area (Å²) in [7, 11) is -3.65. The summed E-state index contributed by atoms with van der Waals surface area (Å²) in [4.78, 5) is 2.96. The summed E-state index contributed by atoms with van der Waals surface area (Å²) in [5.74, 6) is 0.782. The second-order valence-electron chi connectivity index (χ2n) is 9.54. The molecule has 6 rings (SSSR count). The van der Waals surface area contributed by atoms with Crippen molar-refractivity contribution < 1.29 is 8.42 Å². The largest absolute Gasteiger partial charge is 0.324 e. The number of nitrogens with zero attached hydrogens (tertiary/aromatic N) is 3. The molecule has 3 N–H and O–H groups in total. The van der Waals surface area contributed by atoms with Gasteiger partial charge >= 0.3 is 0 Å². The van der Waals surface area contributed by atoms with Crippen molar-refractivity contribution in [3.63, 3.8) is 0 Å². The van der Waals surface area contributed by atoms with Gasteiger partial charge in [0.2, 0.25) is 5.95 Å². The Balaban J connectivity index is 1.20. The first-order chi connectivity index (χ1) is 15.1. The molecule has 2 heterocycles. The van der Waals surface area contributed by atoms with Gasteiger partial charge < -0.3 is 10.6 Å². The summed E-state index contributed by atoms with van der Waals surface area (Å²) in [6.45, 7) is 1.98. The Labute approximate surface area is 183 Å². The number of hydrogen-bond donors (Lipinski definition) is 3. The second kappa shape index (κ2) is 7.56. The van der Waals surface area contributed by atoms with E-state index in [-0.39, 0.29) is 5.16 Å². The maximum absolute atomic E-state index is 13.1. The van der Waals surface area contributed by atoms with E-state index in [0.29, 0.717) is 31.0 Å². The fourth-order valence-corrected chi connectivity index (χ4v) is 6.80. The van der Waals surface area contributed by atoms with Crippen molar-refractivity contribution in [1.29, 1.82) is 0 Å². The van der Waals surface area contributed by atoms with Gasteiger partial charge in [0.05, 0.1) is 0 Å². The summed E-state index contributed by atoms with van der Waals surface area (Å²) < 4.78 is 27.8. The molecule has 0 bridgehead atoms. The Morgan fingerprint density at radius 3 is 2.48 bits per heavy atom. The summed E-state index contributed by atoms with van der Waals surface area (Å²) in [5, 5.41) is 15.0. The van der Waals surface area contributed by atoms with Crippen molar-refractivity contribution in [2.75, 3.05) is 25.0 Å². The lowest BCUT2D eigenvalue weighted by Gasteiger charge is -2.16. The van der Waals surface area contributed by atoms with Gasteiger partial charge in [-0.25, -0.2) is 8.42 Å². The van der Waals surface area contributed by atoms with E-state index < -0.39 is 10.0 Å². The third kappa shape index (κ3) is 3.66. The normalized spacial score (nSPS) is 23.3. The summed E-state index contributed by atoms with van der Waals surface area (Å²) in [6.07, 6.45) is 10.1. The molecule has 0 radical (unpaired) electrons. The second-order valence-corrected chi connectivity index (χ2v) is 11.4. The van der Waals surface area contributed by atoms with E-state index in [4.69, 9.17) is 0 Å². The van der Waals surface area contributed by atoms with E-state index in [1.165, 1.54) is 47.9 Å². The van der Waals surface area contributed by atoms with Gasteiger partial charge in [-0.3, -0.25) is 4.98 Å². The molecule has 166 valence electrons. The lowest BCUT2D eigenvalue weighted by Crippen LogP contribution is -2.32. The van der Waals surface area contributed by atoms with Crippen LogP contribution in [0.4, 0.5) is 11.6 Å². The minimum atomic E-state index is -3.65. The van der Waals surface area contributed by atoms with Gasteiger partial charge in [0.1, 0.15) is 0 Å². The number of H-pyrrole nitrogens is 1. The average Bonchev–Trinajstić information content (AvgIpc) is 3.26. The molecule has 2 aromatic rings. The molecule has 0 spiro atoms. The van der Waals surface area contributed by atoms with Gasteiger partial charge in [0, 0.05) is 24.8 Å². The van der Waals surface area contributed by atoms with Gasteiger partial charge in [0.15, 0.2) is 0 Å². The molecular formula is C22H30N6O2S. The first-order valence-electron chi connectivity index (χ1n) is 11.7. The van der Waals surface area contributed by atoms with E-state index in [2.05, 4.69) is 31.9 Å². The van der Waals surface area contributed by atoms with Gasteiger partial charge in [-0.2, -0.15) is 4.31 Å². The zero-order chi connectivity index (χ0) is 21.0. The van der Waals surface area contributed by atoms with Crippen LogP contribution in [-0.2, 0) is 35.7 Å². The van der Waals surface area contributed by atoms with E-state index >= 15 is 0 Å². The molecule has 8 nitrogen and oxygen atoms in total. The van der Waals surface area contributed by atoms with Gasteiger partial charge in [0.25, 0.3) is 15.2 Å². The van der Waals surface area contributed by atoms with Gasteiger partial charge in [-0.1, -0.05) is 6.07 Å². The molecule has 0 unspecified atom stereocenters. The molecule has 1 aliphatic heterocycles. The van der Waals surface area contributed by atoms with Crippen LogP contribution in [0.5, 0.6) is 0 Å². The zero-order valence-corrected chi connectivity index (χ0v) is 18.6. The molecule has 31 heavy (non-hydrogen) atoms. The molecule has 1 saturated carbocycles. The zero-order valence-electron chi connectivity index (χ0n) is 17.8. The smallest absolute Gasteiger partial charge is 0.278 e. The Bertz CT molecular complexity index is 1080. The predicted molar refractivity (Wildman–Crippen MR) is 118 cm³/mol. The van der Waals surface area contributed by atoms with Crippen molar-refractivity contribution in [1.82, 2.24) is 24.8 Å². The SMILES string of the molecule is O=S(=O)(c1nnc(Nc2c3c(cc4c2CCC4)CCC3)[nH]1)N1CC[C@H](CNC2CC2)C1. The summed E-state index contributed by atoms with van der Waals surface area (Å²) in [5.41, 5.74) is 6.73. The van der Waals surface area contributed by atoms with Crippen LogP contribution in [0, 0.1) is 5.92 Å². The van der Waals surface area contributed by atoms with Crippen molar-refractivity contribution in [2.24, 2.45) is 5.92 Å². The van der Waals surface area contributed by atoms with Crippen LogP contribution >= 0.6 is 0 Å². The van der Waals surface area contributed by atoms with Crippen LogP contribution in [0.15, 0.2) is 11.2 Å². The molecule has 1 aromatic heterocycles. The summed E-state index contributed by atoms with van der Waals surface area (Å²) >= 11 is 0. The number of benzene rings is 1. The van der Waals surface area contributed by atoms with Gasteiger partial charge in [-0.05, 0) is 92.5 Å². The number of aryl methyl sites for hydroxylation is 2. The topological polar surface area (TPSA) is 103 Å². The van der Waals surface area contributed by atoms with Crippen molar-refractivity contribution in [3.05, 3.63) is 28.3 Å². The number of nitrogens with one attached hydrogen (secondary N) is 3. The fourth-order valence-electron chi connectivity index (χ4n) is 5.43. The van der Waals surface area contributed by atoms with Crippen LogP contribution < -0.4 is 10.6 Å². The summed E-state index contributed by atoms with van der Waals surface area (Å²) in [6, 6.07) is 3.03. The molecule has 1 atom stereocenters. The molecule has 4 aliphatic rings. The van der Waals surface area contributed by atoms with Crippen LogP contribution in [0.1, 0.15) is 54.4 Å². The third-order valence-corrected chi connectivity index (χ3v) is 8.97. The number of rotatable bonds is 7. The van der Waals surface area contributed by atoms with Crippen molar-refractivity contribution in [2.45, 2.75) is 69.0 Å². The van der Waals surface area contributed by atoms with Crippen LogP contribution in [-0.4, -0.2) is 53.6 Å². The Hall–Kier alpha value is -1.97. The first kappa shape index (κ1) is 19.7. The number of hydrogen-bond acceptors (Lipinski definition) is 6. The molecule has 3 aliphatic carbocycles. The highest BCUT2D eigenvalue weighted by molar-refractivity contribution is 7.89. The van der Waals surface area contributed by atoms with E-state index in [1.807, 2.05) is 0 Å². The Kier molecular flexibility index (Phi) is 4.81. The van der Waals surface area contributed by atoms with Gasteiger partial charge in [-0.15, -0.1) is 10.2 Å². The predicted octanol–water partition coefficient (Wildman–Crippen LogP) is 2.29. The minimum absolute atomic E-state index is 0.0602. The van der Waals surface area contributed by atoms with Crippen molar-refractivity contribution >= 4 is 21.7 Å². The highest BCUT2D eigenvalue weighted by Gasteiger charge is 2.35. The average molecular weight is 443 g/mol. The number of aromatic amines is 1. The molecular weight excluding hydrogens is 412 g/mol. The number of aromatic nitrogens is 3. The molecule has 2 fully saturated rings. The van der Waals surface area contributed by atoms with Crippen LogP contribution in [0.2, 0.25) is 0 Å². The minimum Gasteiger partial charge on any atom is -0.324 e. The standard InChI is InChI=1S/C22H30N6O2S/c29-31(30,28-10-9-14(13-28)12-23-17-7-8-17)22-25-21(26-27-22)24-20-18-5-1-3-15(18)11-16-4-2-6-19(16)20/h11,14,17,23H,1-10,12-13H2,(H2,24,25,26,27)/t14-/m1/s1. The Morgan fingerprint density at radius 1 is 1.03 bits per heavy atom. The van der Waals surface area contributed by atoms with E-state index in [9.17, 15) is 8.42 Å². The quantitative estimate of drug-likeness (QED) is 0.608. The van der Waals surface area contributed by atoms with Crippen molar-refractivity contribution in [3.8, 4) is 0 Å². The van der Waals surface area contributed by atoms with E-state index in [1.54, 1.807) is 4.31 Å². The number of anilines is 2. The molecule has 9 heteroatoms. The third-order valence-electron chi connectivity index (χ3n) is 7.29. The van der Waals surface area contributed by atoms with E-state index in [0.717, 1.165) is 44.3 Å². The molecule has 1 saturated heterocycles. The lowest BCUT2D eigenvalue weighted by atomic mass is 9.99. The Morgan fingerprint density at radius 2 is 1.77 bits per heavy atom. The van der Waals surface area contributed by atoms with Crippen LogP contribution in [0.3, 0.4) is 0 Å².